The number of hydrogen-bond acceptors (Lipinski definition) is 9. The van der Waals surface area contributed by atoms with Gasteiger partial charge in [0.2, 0.25) is 5.91 Å². The minimum atomic E-state index is -4.89. The lowest BCUT2D eigenvalue weighted by Crippen LogP contribution is -2.74. The van der Waals surface area contributed by atoms with Crippen molar-refractivity contribution in [2.24, 2.45) is 35.3 Å². The number of rotatable bonds is 7. The van der Waals surface area contributed by atoms with Crippen molar-refractivity contribution < 1.29 is 47.4 Å². The molecule has 0 heterocycles. The number of Topliss-reactive ketones (excluding diaryl/α,β-unsaturated/α-hetero) is 4. The van der Waals surface area contributed by atoms with Crippen LogP contribution in [0.4, 0.5) is 13.2 Å². The molecule has 3 fully saturated rings. The zero-order chi connectivity index (χ0) is 31.0. The first-order chi connectivity index (χ1) is 19.5. The smallest absolute Gasteiger partial charge is 0.417 e. The molecule has 4 aliphatic carbocycles. The maximum Gasteiger partial charge on any atom is 0.417 e. The zero-order valence-electron chi connectivity index (χ0n) is 23.5. The van der Waals surface area contributed by atoms with E-state index in [-0.39, 0.29) is 18.5 Å². The monoisotopic (exact) mass is 593 g/mol. The number of hydrogen-bond donors (Lipinski definition) is 3. The Morgan fingerprint density at radius 2 is 1.79 bits per heavy atom. The average molecular weight is 594 g/mol. The van der Waals surface area contributed by atoms with Gasteiger partial charge in [-0.05, 0) is 75.4 Å². The summed E-state index contributed by atoms with van der Waals surface area (Å²) in [5.41, 5.74) is 0.0193. The Balaban J connectivity index is 1.63. The lowest BCUT2D eigenvalue weighted by molar-refractivity contribution is -0.181. The number of halogens is 3. The number of aromatic hydroxyl groups is 1. The summed E-state index contributed by atoms with van der Waals surface area (Å²) in [4.78, 5) is 69.4. The second-order valence-corrected chi connectivity index (χ2v) is 12.3. The summed E-state index contributed by atoms with van der Waals surface area (Å²) < 4.78 is 44.1. The van der Waals surface area contributed by atoms with Gasteiger partial charge >= 0.3 is 6.18 Å². The number of benzene rings is 1. The highest BCUT2D eigenvalue weighted by molar-refractivity contribution is 6.32. The minimum Gasteiger partial charge on any atom is -0.507 e. The molecule has 0 spiro atoms. The van der Waals surface area contributed by atoms with E-state index in [1.54, 1.807) is 0 Å². The molecule has 0 aliphatic heterocycles. The largest absolute Gasteiger partial charge is 0.507 e. The van der Waals surface area contributed by atoms with E-state index >= 15 is 0 Å². The molecular formula is C29H34F3N3O7. The van der Waals surface area contributed by atoms with Crippen LogP contribution in [-0.2, 0) is 38.3 Å². The molecule has 2 unspecified atom stereocenters. The van der Waals surface area contributed by atoms with Gasteiger partial charge in [-0.2, -0.15) is 13.2 Å². The number of carbonyl (C=O) groups is 5. The second-order valence-electron chi connectivity index (χ2n) is 12.3. The Bertz CT molecular complexity index is 1390. The number of nitrogens with two attached hydrogens (primary N) is 1. The van der Waals surface area contributed by atoms with Gasteiger partial charge in [-0.25, -0.2) is 0 Å². The third kappa shape index (κ3) is 4.56. The SMILES string of the molecule is CCN(Cc1cc(O)c2c(c1C(F)(F)F)C[C@H]1C[C@H]3[C@H](N(C)C)C(=O)C(C(N)=O)C(=O)[C@@]3(O)C(=O)C1C2=O)CC1CC1. The van der Waals surface area contributed by atoms with E-state index in [1.165, 1.54) is 19.0 Å². The lowest BCUT2D eigenvalue weighted by atomic mass is 9.52. The summed E-state index contributed by atoms with van der Waals surface area (Å²) in [5.74, 6) is -12.9. The van der Waals surface area contributed by atoms with Gasteiger partial charge in [-0.15, -0.1) is 0 Å². The van der Waals surface area contributed by atoms with Gasteiger partial charge in [0, 0.05) is 19.0 Å². The van der Waals surface area contributed by atoms with Crippen LogP contribution in [0, 0.1) is 29.6 Å². The Kier molecular flexibility index (Phi) is 7.38. The van der Waals surface area contributed by atoms with Gasteiger partial charge < -0.3 is 15.9 Å². The summed E-state index contributed by atoms with van der Waals surface area (Å²) in [5, 5.41) is 22.5. The van der Waals surface area contributed by atoms with Gasteiger partial charge in [0.05, 0.1) is 23.1 Å². The van der Waals surface area contributed by atoms with Crippen LogP contribution in [0.3, 0.4) is 0 Å². The molecule has 0 bridgehead atoms. The van der Waals surface area contributed by atoms with E-state index in [0.717, 1.165) is 18.9 Å². The number of alkyl halides is 3. The number of aliphatic hydroxyl groups is 1. The van der Waals surface area contributed by atoms with Crippen molar-refractivity contribution in [1.29, 1.82) is 0 Å². The first-order valence-corrected chi connectivity index (χ1v) is 14.1. The fourth-order valence-corrected chi connectivity index (χ4v) is 7.43. The lowest BCUT2D eigenvalue weighted by Gasteiger charge is -2.52. The third-order valence-corrected chi connectivity index (χ3v) is 9.48. The normalized spacial score (nSPS) is 31.3. The molecule has 1 aromatic rings. The van der Waals surface area contributed by atoms with Crippen molar-refractivity contribution in [1.82, 2.24) is 9.80 Å². The molecule has 0 saturated heterocycles. The van der Waals surface area contributed by atoms with Crippen LogP contribution in [0.25, 0.3) is 0 Å². The Morgan fingerprint density at radius 1 is 1.14 bits per heavy atom. The van der Waals surface area contributed by atoms with E-state index < -0.39 is 99.4 Å². The predicted octanol–water partition coefficient (Wildman–Crippen LogP) is 1.12. The summed E-state index contributed by atoms with van der Waals surface area (Å²) >= 11 is 0. The maximum absolute atomic E-state index is 14.7. The quantitative estimate of drug-likeness (QED) is 0.394. The number of carbonyl (C=O) groups excluding carboxylic acids is 5. The number of ketones is 4. The predicted molar refractivity (Wildman–Crippen MR) is 140 cm³/mol. The summed E-state index contributed by atoms with van der Waals surface area (Å²) in [6, 6.07) is -0.426. The molecule has 1 aromatic carbocycles. The molecule has 13 heteroatoms. The van der Waals surface area contributed by atoms with Gasteiger partial charge in [0.1, 0.15) is 5.75 Å². The van der Waals surface area contributed by atoms with Crippen LogP contribution in [-0.4, -0.2) is 87.9 Å². The standard InChI is InChI=1S/C29H34F3N3O7/c1-4-35(10-12-5-6-12)11-14-9-17(36)19-15(21(14)29(30,31)32)7-13-8-16-22(34(2)3)24(38)20(27(33)41)26(40)28(16,42)25(39)18(13)23(19)37/h9,12-13,16,18,20,22,36,42H,4-8,10-11H2,1-3H3,(H2,33,41)/t13-,16-,18?,20?,22-,28-/m0/s1. The summed E-state index contributed by atoms with van der Waals surface area (Å²) in [6.07, 6.45) is -3.67. The molecule has 0 aromatic heterocycles. The van der Waals surface area contributed by atoms with Crippen LogP contribution in [0.2, 0.25) is 0 Å². The number of primary amides is 1. The van der Waals surface area contributed by atoms with E-state index in [4.69, 9.17) is 5.73 Å². The number of amides is 1. The minimum absolute atomic E-state index is 0.105. The van der Waals surface area contributed by atoms with Crippen molar-refractivity contribution in [3.8, 4) is 5.75 Å². The Morgan fingerprint density at radius 3 is 2.31 bits per heavy atom. The number of likely N-dealkylation sites (N-methyl/N-ethyl adjacent to an activating group) is 1. The van der Waals surface area contributed by atoms with E-state index in [1.807, 2.05) is 11.8 Å². The topological polar surface area (TPSA) is 158 Å². The van der Waals surface area contributed by atoms with E-state index in [9.17, 15) is 47.4 Å². The number of phenolic OH excluding ortho intramolecular Hbond substituents is 1. The van der Waals surface area contributed by atoms with E-state index in [0.29, 0.717) is 19.0 Å². The first-order valence-electron chi connectivity index (χ1n) is 14.1. The summed E-state index contributed by atoms with van der Waals surface area (Å²) in [6.45, 7) is 2.80. The maximum atomic E-state index is 14.7. The average Bonchev–Trinajstić information content (AvgIpc) is 3.68. The molecular weight excluding hydrogens is 559 g/mol. The first kappa shape index (κ1) is 30.3. The fraction of sp³-hybridized carbons (Fsp3) is 0.621. The Labute approximate surface area is 240 Å². The van der Waals surface area contributed by atoms with Gasteiger partial charge in [0.15, 0.2) is 34.7 Å². The number of fused-ring (bicyclic) bond motifs is 3. The highest BCUT2D eigenvalue weighted by Gasteiger charge is 2.69. The fourth-order valence-electron chi connectivity index (χ4n) is 7.43. The molecule has 6 atom stereocenters. The van der Waals surface area contributed by atoms with Gasteiger partial charge in [-0.1, -0.05) is 6.92 Å². The van der Waals surface area contributed by atoms with Crippen LogP contribution < -0.4 is 5.73 Å². The van der Waals surface area contributed by atoms with Gasteiger partial charge in [0.25, 0.3) is 0 Å². The summed E-state index contributed by atoms with van der Waals surface area (Å²) in [7, 11) is 2.86. The van der Waals surface area contributed by atoms with E-state index in [2.05, 4.69) is 0 Å². The molecule has 0 radical (unpaired) electrons. The van der Waals surface area contributed by atoms with Crippen molar-refractivity contribution >= 4 is 29.0 Å². The van der Waals surface area contributed by atoms with Crippen molar-refractivity contribution in [2.75, 3.05) is 27.2 Å². The Hall–Kier alpha value is -3.16. The highest BCUT2D eigenvalue weighted by atomic mass is 19.4. The zero-order valence-corrected chi connectivity index (χ0v) is 23.5. The number of phenols is 1. The van der Waals surface area contributed by atoms with Crippen LogP contribution in [0.5, 0.6) is 5.75 Å². The van der Waals surface area contributed by atoms with Crippen molar-refractivity contribution in [2.45, 2.75) is 57.0 Å². The molecule has 5 rings (SSSR count). The van der Waals surface area contributed by atoms with Crippen LogP contribution in [0.15, 0.2) is 6.07 Å². The van der Waals surface area contributed by atoms with Crippen molar-refractivity contribution in [3.05, 3.63) is 28.3 Å². The molecule has 10 nitrogen and oxygen atoms in total. The van der Waals surface area contributed by atoms with Gasteiger partial charge in [-0.3, -0.25) is 33.8 Å². The molecule has 1 amide bonds. The molecule has 3 saturated carbocycles. The molecule has 42 heavy (non-hydrogen) atoms. The molecule has 4 N–H and O–H groups in total. The highest BCUT2D eigenvalue weighted by Crippen LogP contribution is 2.52. The van der Waals surface area contributed by atoms with Crippen LogP contribution in [0.1, 0.15) is 53.2 Å². The molecule has 4 aliphatic rings. The van der Waals surface area contributed by atoms with Crippen LogP contribution >= 0.6 is 0 Å². The third-order valence-electron chi connectivity index (χ3n) is 9.48. The number of nitrogens with zero attached hydrogens (tertiary/aromatic N) is 2. The second kappa shape index (κ2) is 10.2. The molecule has 228 valence electrons. The van der Waals surface area contributed by atoms with Crippen molar-refractivity contribution in [3.63, 3.8) is 0 Å².